The molecule has 1 unspecified atom stereocenters. The number of thiazole rings is 1. The number of aromatic nitrogens is 5. The van der Waals surface area contributed by atoms with Crippen LogP contribution in [-0.2, 0) is 11.3 Å². The lowest BCUT2D eigenvalue weighted by Gasteiger charge is -2.17. The number of carbonyl (C=O) groups excluding carboxylic acids is 1. The zero-order chi connectivity index (χ0) is 19.1. The molecule has 2 aromatic heterocycles. The minimum Gasteiger partial charge on any atom is -0.342 e. The van der Waals surface area contributed by atoms with Crippen LogP contribution < -0.4 is 5.32 Å². The van der Waals surface area contributed by atoms with E-state index in [0.717, 1.165) is 17.1 Å². The Labute approximate surface area is 166 Å². The van der Waals surface area contributed by atoms with E-state index in [1.54, 1.807) is 10.9 Å². The van der Waals surface area contributed by atoms with Gasteiger partial charge in [-0.15, -0.1) is 16.4 Å². The maximum Gasteiger partial charge on any atom is 0.231 e. The van der Waals surface area contributed by atoms with E-state index in [9.17, 15) is 4.79 Å². The van der Waals surface area contributed by atoms with Crippen LogP contribution in [0.15, 0.2) is 47.1 Å². The number of hydrogen-bond donors (Lipinski definition) is 1. The quantitative estimate of drug-likeness (QED) is 0.544. The first kappa shape index (κ1) is 19.5. The monoisotopic (exact) mass is 403 g/mol. The van der Waals surface area contributed by atoms with Crippen LogP contribution in [0.2, 0.25) is 0 Å². The number of nitrogens with one attached hydrogen (secondary N) is 1. The second-order valence-electron chi connectivity index (χ2n) is 6.06. The molecule has 2 heterocycles. The molecule has 0 aliphatic carbocycles. The van der Waals surface area contributed by atoms with Crippen LogP contribution >= 0.6 is 23.1 Å². The molecule has 1 aromatic carbocycles. The van der Waals surface area contributed by atoms with Crippen molar-refractivity contribution in [2.24, 2.45) is 0 Å². The fraction of sp³-hybridized carbons (Fsp3) is 0.353. The smallest absolute Gasteiger partial charge is 0.231 e. The molecule has 0 saturated carbocycles. The summed E-state index contributed by atoms with van der Waals surface area (Å²) in [5, 5.41) is 18.2. The summed E-state index contributed by atoms with van der Waals surface area (Å²) in [4.78, 5) is 19.0. The minimum atomic E-state index is -0.260. The number of benzene rings is 1. The molecule has 0 aliphatic heterocycles. The lowest BCUT2D eigenvalue weighted by molar-refractivity contribution is -0.119. The summed E-state index contributed by atoms with van der Waals surface area (Å²) < 4.78 is 1.72. The highest BCUT2D eigenvalue weighted by Crippen LogP contribution is 2.24. The Bertz CT molecular complexity index is 836. The average Bonchev–Trinajstić information content (AvgIpc) is 3.35. The van der Waals surface area contributed by atoms with Gasteiger partial charge in [-0.2, -0.15) is 0 Å². The Hall–Kier alpha value is -2.30. The van der Waals surface area contributed by atoms with Crippen LogP contribution in [0.3, 0.4) is 0 Å². The maximum atomic E-state index is 12.6. The molecule has 0 radical (unpaired) electrons. The van der Waals surface area contributed by atoms with Crippen molar-refractivity contribution >= 4 is 29.0 Å². The molecule has 0 fully saturated rings. The summed E-state index contributed by atoms with van der Waals surface area (Å²) in [6, 6.07) is 9.57. The molecule has 0 spiro atoms. The fourth-order valence-electron chi connectivity index (χ4n) is 2.38. The summed E-state index contributed by atoms with van der Waals surface area (Å²) in [6.07, 6.45) is 1.75. The van der Waals surface area contributed by atoms with Crippen LogP contribution in [0.5, 0.6) is 0 Å². The summed E-state index contributed by atoms with van der Waals surface area (Å²) in [5.41, 5.74) is 1.00. The number of tetrazole rings is 1. The van der Waals surface area contributed by atoms with Gasteiger partial charge < -0.3 is 10.2 Å². The van der Waals surface area contributed by atoms with Gasteiger partial charge in [0.15, 0.2) is 0 Å². The SMILES string of the molecule is CN(C)CCn1nnnc1SCC(=O)NC(c1ccccc1)c1nccs1. The highest BCUT2D eigenvalue weighted by Gasteiger charge is 2.19. The van der Waals surface area contributed by atoms with E-state index >= 15 is 0 Å². The zero-order valence-corrected chi connectivity index (χ0v) is 16.8. The fourth-order valence-corrected chi connectivity index (χ4v) is 3.81. The number of thioether (sulfide) groups is 1. The zero-order valence-electron chi connectivity index (χ0n) is 15.1. The van der Waals surface area contributed by atoms with Gasteiger partial charge in [0.05, 0.1) is 12.3 Å². The van der Waals surface area contributed by atoms with Gasteiger partial charge in [0.1, 0.15) is 11.0 Å². The highest BCUT2D eigenvalue weighted by molar-refractivity contribution is 7.99. The predicted molar refractivity (Wildman–Crippen MR) is 106 cm³/mol. The van der Waals surface area contributed by atoms with E-state index in [4.69, 9.17) is 0 Å². The van der Waals surface area contributed by atoms with Gasteiger partial charge >= 0.3 is 0 Å². The molecule has 3 rings (SSSR count). The van der Waals surface area contributed by atoms with E-state index in [1.165, 1.54) is 23.1 Å². The molecule has 1 atom stereocenters. The van der Waals surface area contributed by atoms with Crippen molar-refractivity contribution < 1.29 is 4.79 Å². The number of amides is 1. The maximum absolute atomic E-state index is 12.6. The molecule has 142 valence electrons. The molecular formula is C17H21N7OS2. The van der Waals surface area contributed by atoms with Crippen molar-refractivity contribution in [1.82, 2.24) is 35.4 Å². The lowest BCUT2D eigenvalue weighted by atomic mass is 10.1. The standard InChI is InChI=1S/C17H21N7OS2/c1-23(2)9-10-24-17(20-21-22-24)27-12-14(25)19-15(16-18-8-11-26-16)13-6-4-3-5-7-13/h3-8,11,15H,9-10,12H2,1-2H3,(H,19,25). The van der Waals surface area contributed by atoms with Gasteiger partial charge in [-0.05, 0) is 30.1 Å². The predicted octanol–water partition coefficient (Wildman–Crippen LogP) is 1.69. The molecule has 0 bridgehead atoms. The van der Waals surface area contributed by atoms with Gasteiger partial charge in [-0.1, -0.05) is 42.1 Å². The Morgan fingerprint density at radius 3 is 2.85 bits per heavy atom. The van der Waals surface area contributed by atoms with Gasteiger partial charge in [0.2, 0.25) is 11.1 Å². The van der Waals surface area contributed by atoms with Gasteiger partial charge in [-0.25, -0.2) is 9.67 Å². The van der Waals surface area contributed by atoms with E-state index in [0.29, 0.717) is 11.7 Å². The van der Waals surface area contributed by atoms with Crippen molar-refractivity contribution in [2.75, 3.05) is 26.4 Å². The van der Waals surface area contributed by atoms with Crippen LogP contribution in [0.4, 0.5) is 0 Å². The van der Waals surface area contributed by atoms with Crippen LogP contribution in [0.1, 0.15) is 16.6 Å². The minimum absolute atomic E-state index is 0.0915. The third-order valence-electron chi connectivity index (χ3n) is 3.73. The lowest BCUT2D eigenvalue weighted by Crippen LogP contribution is -2.30. The number of hydrogen-bond acceptors (Lipinski definition) is 8. The molecule has 1 N–H and O–H groups in total. The van der Waals surface area contributed by atoms with Crippen molar-refractivity contribution in [3.05, 3.63) is 52.5 Å². The second-order valence-corrected chi connectivity index (χ2v) is 7.93. The first-order chi connectivity index (χ1) is 13.1. The summed E-state index contributed by atoms with van der Waals surface area (Å²) in [6.45, 7) is 1.50. The number of nitrogens with zero attached hydrogens (tertiary/aromatic N) is 6. The third-order valence-corrected chi connectivity index (χ3v) is 5.52. The van der Waals surface area contributed by atoms with Crippen LogP contribution in [0.25, 0.3) is 0 Å². The largest absolute Gasteiger partial charge is 0.342 e. The highest BCUT2D eigenvalue weighted by atomic mass is 32.2. The normalized spacial score (nSPS) is 12.3. The van der Waals surface area contributed by atoms with Gasteiger partial charge in [0, 0.05) is 18.1 Å². The topological polar surface area (TPSA) is 88.8 Å². The van der Waals surface area contributed by atoms with E-state index in [1.807, 2.05) is 49.8 Å². The van der Waals surface area contributed by atoms with Gasteiger partial charge in [0.25, 0.3) is 0 Å². The van der Waals surface area contributed by atoms with Crippen molar-refractivity contribution in [2.45, 2.75) is 17.7 Å². The molecule has 0 aliphatic rings. The Balaban J connectivity index is 1.62. The average molecular weight is 404 g/mol. The molecule has 27 heavy (non-hydrogen) atoms. The molecule has 1 amide bonds. The molecular weight excluding hydrogens is 382 g/mol. The number of carbonyl (C=O) groups is 1. The van der Waals surface area contributed by atoms with Crippen LogP contribution in [0, 0.1) is 0 Å². The summed E-state index contributed by atoms with van der Waals surface area (Å²) in [7, 11) is 3.99. The number of rotatable bonds is 9. The Kier molecular flexibility index (Phi) is 6.91. The summed E-state index contributed by atoms with van der Waals surface area (Å²) in [5.74, 6) is 0.142. The van der Waals surface area contributed by atoms with E-state index in [-0.39, 0.29) is 17.7 Å². The van der Waals surface area contributed by atoms with E-state index in [2.05, 4.69) is 30.7 Å². The second kappa shape index (κ2) is 9.58. The van der Waals surface area contributed by atoms with Gasteiger partial charge in [-0.3, -0.25) is 4.79 Å². The first-order valence-corrected chi connectivity index (χ1v) is 10.3. The summed E-state index contributed by atoms with van der Waals surface area (Å²) >= 11 is 2.85. The molecule has 8 nitrogen and oxygen atoms in total. The van der Waals surface area contributed by atoms with E-state index < -0.39 is 0 Å². The Morgan fingerprint density at radius 2 is 2.15 bits per heavy atom. The third kappa shape index (κ3) is 5.59. The van der Waals surface area contributed by atoms with Crippen molar-refractivity contribution in [3.63, 3.8) is 0 Å². The van der Waals surface area contributed by atoms with Crippen molar-refractivity contribution in [1.29, 1.82) is 0 Å². The van der Waals surface area contributed by atoms with Crippen LogP contribution in [-0.4, -0.2) is 62.4 Å². The first-order valence-electron chi connectivity index (χ1n) is 8.41. The molecule has 3 aromatic rings. The Morgan fingerprint density at radius 1 is 1.33 bits per heavy atom. The number of likely N-dealkylation sites (N-methyl/N-ethyl adjacent to an activating group) is 1. The van der Waals surface area contributed by atoms with Crippen molar-refractivity contribution in [3.8, 4) is 0 Å². The molecule has 10 heteroatoms. The molecule has 0 saturated heterocycles.